The molecule has 2 saturated heterocycles. The molecule has 8 nitrogen and oxygen atoms in total. The SMILES string of the molecule is CN=C(NCCN1CCN(c2ncccn2)CC1)N1CCN(c2cc(F)ccc2F)CC1. The highest BCUT2D eigenvalue weighted by atomic mass is 19.1. The molecule has 1 aromatic carbocycles. The number of benzene rings is 1. The van der Waals surface area contributed by atoms with Crippen LogP contribution in [0.5, 0.6) is 0 Å². The average Bonchev–Trinajstić information content (AvgIpc) is 2.84. The summed E-state index contributed by atoms with van der Waals surface area (Å²) >= 11 is 0. The van der Waals surface area contributed by atoms with E-state index in [0.717, 1.165) is 57.2 Å². The quantitative estimate of drug-likeness (QED) is 0.551. The molecule has 2 aromatic rings. The predicted octanol–water partition coefficient (Wildman–Crippen LogP) is 1.27. The highest BCUT2D eigenvalue weighted by Gasteiger charge is 2.23. The zero-order valence-corrected chi connectivity index (χ0v) is 18.4. The molecule has 3 heterocycles. The van der Waals surface area contributed by atoms with Gasteiger partial charge in [-0.3, -0.25) is 9.89 Å². The van der Waals surface area contributed by atoms with E-state index in [1.54, 1.807) is 19.4 Å². The Balaban J connectivity index is 1.19. The molecular weight excluding hydrogens is 414 g/mol. The molecule has 2 fully saturated rings. The van der Waals surface area contributed by atoms with Crippen LogP contribution in [0, 0.1) is 11.6 Å². The van der Waals surface area contributed by atoms with Gasteiger partial charge in [-0.15, -0.1) is 0 Å². The van der Waals surface area contributed by atoms with Gasteiger partial charge in [0.15, 0.2) is 5.96 Å². The van der Waals surface area contributed by atoms with Crippen LogP contribution in [-0.4, -0.2) is 98.2 Å². The zero-order valence-electron chi connectivity index (χ0n) is 18.4. The van der Waals surface area contributed by atoms with Gasteiger partial charge in [-0.2, -0.15) is 0 Å². The van der Waals surface area contributed by atoms with Crippen molar-refractivity contribution in [3.05, 3.63) is 48.3 Å². The Morgan fingerprint density at radius 3 is 2.34 bits per heavy atom. The molecule has 2 aliphatic heterocycles. The van der Waals surface area contributed by atoms with Crippen LogP contribution in [0.1, 0.15) is 0 Å². The Morgan fingerprint density at radius 1 is 0.969 bits per heavy atom. The molecule has 4 rings (SSSR count). The number of rotatable bonds is 5. The van der Waals surface area contributed by atoms with Crippen molar-refractivity contribution in [2.45, 2.75) is 0 Å². The normalized spacial score (nSPS) is 18.2. The summed E-state index contributed by atoms with van der Waals surface area (Å²) in [5.41, 5.74) is 0.327. The summed E-state index contributed by atoms with van der Waals surface area (Å²) in [5.74, 6) is 0.836. The van der Waals surface area contributed by atoms with E-state index in [1.165, 1.54) is 12.1 Å². The minimum absolute atomic E-state index is 0.327. The average molecular weight is 445 g/mol. The number of aliphatic imine (C=N–C) groups is 1. The van der Waals surface area contributed by atoms with Crippen molar-refractivity contribution in [2.24, 2.45) is 4.99 Å². The summed E-state index contributed by atoms with van der Waals surface area (Å²) in [6.45, 7) is 8.12. The van der Waals surface area contributed by atoms with Crippen molar-refractivity contribution in [1.29, 1.82) is 0 Å². The summed E-state index contributed by atoms with van der Waals surface area (Å²) in [6, 6.07) is 5.43. The number of anilines is 2. The smallest absolute Gasteiger partial charge is 0.225 e. The van der Waals surface area contributed by atoms with Gasteiger partial charge in [0.2, 0.25) is 5.95 Å². The van der Waals surface area contributed by atoms with Gasteiger partial charge in [0.05, 0.1) is 5.69 Å². The summed E-state index contributed by atoms with van der Waals surface area (Å²) in [6.07, 6.45) is 3.55. The van der Waals surface area contributed by atoms with E-state index in [1.807, 2.05) is 11.0 Å². The van der Waals surface area contributed by atoms with Crippen LogP contribution in [0.3, 0.4) is 0 Å². The van der Waals surface area contributed by atoms with E-state index in [0.29, 0.717) is 31.9 Å². The minimum Gasteiger partial charge on any atom is -0.366 e. The van der Waals surface area contributed by atoms with Gasteiger partial charge in [0.25, 0.3) is 0 Å². The molecule has 1 N–H and O–H groups in total. The lowest BCUT2D eigenvalue weighted by atomic mass is 10.2. The summed E-state index contributed by atoms with van der Waals surface area (Å²) < 4.78 is 27.6. The standard InChI is InChI=1S/C22H30F2N8/c1-25-21(31-15-13-30(14-16-31)20-17-18(23)3-4-19(20)24)28-7-8-29-9-11-32(12-10-29)22-26-5-2-6-27-22/h2-6,17H,7-16H2,1H3,(H,25,28). The van der Waals surface area contributed by atoms with E-state index in [4.69, 9.17) is 0 Å². The van der Waals surface area contributed by atoms with E-state index in [-0.39, 0.29) is 5.82 Å². The van der Waals surface area contributed by atoms with Gasteiger partial charge < -0.3 is 20.0 Å². The number of hydrogen-bond donors (Lipinski definition) is 1. The molecule has 0 amide bonds. The third kappa shape index (κ3) is 5.42. The van der Waals surface area contributed by atoms with Gasteiger partial charge in [0, 0.05) is 91.0 Å². The second kappa shape index (κ2) is 10.5. The van der Waals surface area contributed by atoms with Crippen molar-refractivity contribution in [2.75, 3.05) is 82.3 Å². The molecule has 172 valence electrons. The van der Waals surface area contributed by atoms with E-state index >= 15 is 0 Å². The first kappa shape index (κ1) is 22.2. The largest absolute Gasteiger partial charge is 0.366 e. The molecule has 0 bridgehead atoms. The fourth-order valence-electron chi connectivity index (χ4n) is 4.17. The van der Waals surface area contributed by atoms with Gasteiger partial charge in [-0.1, -0.05) is 0 Å². The number of piperazine rings is 2. The maximum atomic E-state index is 14.1. The summed E-state index contributed by atoms with van der Waals surface area (Å²) in [7, 11) is 1.78. The Hall–Kier alpha value is -3.01. The van der Waals surface area contributed by atoms with E-state index in [2.05, 4.69) is 35.0 Å². The van der Waals surface area contributed by atoms with E-state index < -0.39 is 5.82 Å². The molecule has 0 atom stereocenters. The fourth-order valence-corrected chi connectivity index (χ4v) is 4.17. The third-order valence-electron chi connectivity index (χ3n) is 5.96. The molecule has 32 heavy (non-hydrogen) atoms. The summed E-state index contributed by atoms with van der Waals surface area (Å²) in [5, 5.41) is 3.45. The first-order chi connectivity index (χ1) is 15.6. The number of guanidine groups is 1. The Morgan fingerprint density at radius 2 is 1.66 bits per heavy atom. The molecule has 0 unspecified atom stereocenters. The minimum atomic E-state index is -0.418. The first-order valence-electron chi connectivity index (χ1n) is 11.0. The maximum absolute atomic E-state index is 14.1. The van der Waals surface area contributed by atoms with E-state index in [9.17, 15) is 8.78 Å². The monoisotopic (exact) mass is 444 g/mol. The Bertz CT molecular complexity index is 894. The Kier molecular flexibility index (Phi) is 7.31. The molecule has 0 spiro atoms. The van der Waals surface area contributed by atoms with Gasteiger partial charge in [-0.25, -0.2) is 18.7 Å². The van der Waals surface area contributed by atoms with Crippen LogP contribution < -0.4 is 15.1 Å². The number of nitrogens with one attached hydrogen (secondary N) is 1. The number of hydrogen-bond acceptors (Lipinski definition) is 6. The molecular formula is C22H30F2N8. The summed E-state index contributed by atoms with van der Waals surface area (Å²) in [4.78, 5) is 21.8. The molecule has 2 aliphatic rings. The number of aromatic nitrogens is 2. The highest BCUT2D eigenvalue weighted by molar-refractivity contribution is 5.80. The second-order valence-corrected chi connectivity index (χ2v) is 7.92. The van der Waals surface area contributed by atoms with Crippen LogP contribution in [-0.2, 0) is 0 Å². The van der Waals surface area contributed by atoms with Crippen LogP contribution >= 0.6 is 0 Å². The van der Waals surface area contributed by atoms with Gasteiger partial charge in [0.1, 0.15) is 11.6 Å². The molecule has 0 aliphatic carbocycles. The van der Waals surface area contributed by atoms with Crippen LogP contribution in [0.25, 0.3) is 0 Å². The van der Waals surface area contributed by atoms with Gasteiger partial charge >= 0.3 is 0 Å². The maximum Gasteiger partial charge on any atom is 0.225 e. The van der Waals surface area contributed by atoms with Crippen molar-refractivity contribution >= 4 is 17.6 Å². The topological polar surface area (TPSA) is 63.1 Å². The molecule has 0 radical (unpaired) electrons. The number of nitrogens with zero attached hydrogens (tertiary/aromatic N) is 7. The predicted molar refractivity (Wildman–Crippen MR) is 122 cm³/mol. The van der Waals surface area contributed by atoms with Crippen molar-refractivity contribution in [3.63, 3.8) is 0 Å². The molecule has 1 aromatic heterocycles. The van der Waals surface area contributed by atoms with Crippen molar-refractivity contribution in [1.82, 2.24) is 25.1 Å². The molecule has 0 saturated carbocycles. The lowest BCUT2D eigenvalue weighted by molar-refractivity contribution is 0.258. The first-order valence-corrected chi connectivity index (χ1v) is 11.0. The Labute approximate surface area is 187 Å². The molecule has 10 heteroatoms. The zero-order chi connectivity index (χ0) is 22.3. The second-order valence-electron chi connectivity index (χ2n) is 7.92. The van der Waals surface area contributed by atoms with Gasteiger partial charge in [-0.05, 0) is 18.2 Å². The highest BCUT2D eigenvalue weighted by Crippen LogP contribution is 2.22. The lowest BCUT2D eigenvalue weighted by Crippen LogP contribution is -2.54. The van der Waals surface area contributed by atoms with Crippen LogP contribution in [0.15, 0.2) is 41.7 Å². The van der Waals surface area contributed by atoms with Crippen molar-refractivity contribution in [3.8, 4) is 0 Å². The van der Waals surface area contributed by atoms with Crippen molar-refractivity contribution < 1.29 is 8.78 Å². The fraction of sp³-hybridized carbons (Fsp3) is 0.500. The third-order valence-corrected chi connectivity index (χ3v) is 5.96. The lowest BCUT2D eigenvalue weighted by Gasteiger charge is -2.38. The number of halogens is 2. The van der Waals surface area contributed by atoms with Crippen LogP contribution in [0.2, 0.25) is 0 Å². The van der Waals surface area contributed by atoms with Crippen LogP contribution in [0.4, 0.5) is 20.4 Å².